The molecule has 90 valence electrons. The van der Waals surface area contributed by atoms with Crippen LogP contribution in [0.25, 0.3) is 0 Å². The van der Waals surface area contributed by atoms with E-state index in [1.54, 1.807) is 6.92 Å². The van der Waals surface area contributed by atoms with Gasteiger partial charge in [0.25, 0.3) is 5.91 Å². The van der Waals surface area contributed by atoms with Gasteiger partial charge in [0.1, 0.15) is 5.82 Å². The van der Waals surface area contributed by atoms with Gasteiger partial charge in [0.2, 0.25) is 0 Å². The predicted molar refractivity (Wildman–Crippen MR) is 64.6 cm³/mol. The van der Waals surface area contributed by atoms with E-state index in [0.717, 1.165) is 6.07 Å². The normalized spacial score (nSPS) is 11.5. The molecule has 1 rings (SSSR count). The van der Waals surface area contributed by atoms with Crippen LogP contribution in [0, 0.1) is 5.82 Å². The topological polar surface area (TPSA) is 55.1 Å². The van der Waals surface area contributed by atoms with E-state index in [4.69, 9.17) is 17.3 Å². The molecule has 16 heavy (non-hydrogen) atoms. The number of nitrogens with one attached hydrogen (secondary N) is 1. The van der Waals surface area contributed by atoms with E-state index in [1.165, 1.54) is 12.1 Å². The first-order chi connectivity index (χ1) is 7.04. The Morgan fingerprint density at radius 1 is 1.62 bits per heavy atom. The Kier molecular flexibility index (Phi) is 6.33. The van der Waals surface area contributed by atoms with Crippen molar-refractivity contribution in [2.75, 3.05) is 6.54 Å². The van der Waals surface area contributed by atoms with Gasteiger partial charge < -0.3 is 11.1 Å². The molecule has 0 saturated heterocycles. The molecule has 0 aliphatic heterocycles. The third-order valence-electron chi connectivity index (χ3n) is 1.91. The van der Waals surface area contributed by atoms with Crippen LogP contribution >= 0.6 is 24.0 Å². The SMILES string of the molecule is C[C@@H](CN)NC(=O)c1ccc(Cl)cc1F.Cl. The highest BCUT2D eigenvalue weighted by Crippen LogP contribution is 2.14. The van der Waals surface area contributed by atoms with E-state index in [2.05, 4.69) is 5.32 Å². The minimum Gasteiger partial charge on any atom is -0.348 e. The molecular formula is C10H13Cl2FN2O. The van der Waals surface area contributed by atoms with Crippen LogP contribution in [0.1, 0.15) is 17.3 Å². The first-order valence-corrected chi connectivity index (χ1v) is 4.88. The van der Waals surface area contributed by atoms with Gasteiger partial charge in [-0.15, -0.1) is 12.4 Å². The molecule has 0 saturated carbocycles. The number of rotatable bonds is 3. The van der Waals surface area contributed by atoms with Crippen LogP contribution in [-0.2, 0) is 0 Å². The maximum atomic E-state index is 13.3. The Hall–Kier alpha value is -0.840. The molecule has 0 heterocycles. The maximum Gasteiger partial charge on any atom is 0.254 e. The Labute approximate surface area is 105 Å². The van der Waals surface area contributed by atoms with E-state index in [9.17, 15) is 9.18 Å². The van der Waals surface area contributed by atoms with Crippen molar-refractivity contribution in [1.29, 1.82) is 0 Å². The van der Waals surface area contributed by atoms with Crippen LogP contribution in [-0.4, -0.2) is 18.5 Å². The lowest BCUT2D eigenvalue weighted by Gasteiger charge is -2.11. The van der Waals surface area contributed by atoms with Crippen molar-refractivity contribution in [2.45, 2.75) is 13.0 Å². The van der Waals surface area contributed by atoms with E-state index in [1.807, 2.05) is 0 Å². The van der Waals surface area contributed by atoms with Crippen LogP contribution in [0.2, 0.25) is 5.02 Å². The Morgan fingerprint density at radius 2 is 2.25 bits per heavy atom. The lowest BCUT2D eigenvalue weighted by atomic mass is 10.2. The zero-order valence-electron chi connectivity index (χ0n) is 8.67. The molecule has 6 heteroatoms. The molecule has 0 spiro atoms. The van der Waals surface area contributed by atoms with Crippen molar-refractivity contribution in [3.8, 4) is 0 Å². The summed E-state index contributed by atoms with van der Waals surface area (Å²) in [5.74, 6) is -1.12. The van der Waals surface area contributed by atoms with Crippen molar-refractivity contribution in [1.82, 2.24) is 5.32 Å². The highest BCUT2D eigenvalue weighted by molar-refractivity contribution is 6.30. The van der Waals surface area contributed by atoms with Gasteiger partial charge in [0.15, 0.2) is 0 Å². The molecule has 0 aliphatic rings. The highest BCUT2D eigenvalue weighted by Gasteiger charge is 2.13. The second-order valence-corrected chi connectivity index (χ2v) is 3.67. The molecule has 3 nitrogen and oxygen atoms in total. The zero-order chi connectivity index (χ0) is 11.4. The molecule has 3 N–H and O–H groups in total. The number of nitrogens with two attached hydrogens (primary N) is 1. The van der Waals surface area contributed by atoms with E-state index in [-0.39, 0.29) is 29.0 Å². The molecule has 0 aromatic heterocycles. The van der Waals surface area contributed by atoms with Gasteiger partial charge in [-0.1, -0.05) is 11.6 Å². The first kappa shape index (κ1) is 15.2. The average Bonchev–Trinajstić information content (AvgIpc) is 2.17. The molecule has 1 amide bonds. The molecule has 0 aliphatic carbocycles. The number of carbonyl (C=O) groups is 1. The lowest BCUT2D eigenvalue weighted by Crippen LogP contribution is -2.38. The fourth-order valence-corrected chi connectivity index (χ4v) is 1.19. The smallest absolute Gasteiger partial charge is 0.254 e. The molecular weight excluding hydrogens is 254 g/mol. The van der Waals surface area contributed by atoms with Gasteiger partial charge in [-0.3, -0.25) is 4.79 Å². The summed E-state index contributed by atoms with van der Waals surface area (Å²) in [6.45, 7) is 2.05. The van der Waals surface area contributed by atoms with Gasteiger partial charge in [-0.05, 0) is 25.1 Å². The molecule has 0 unspecified atom stereocenters. The van der Waals surface area contributed by atoms with Gasteiger partial charge in [-0.2, -0.15) is 0 Å². The third-order valence-corrected chi connectivity index (χ3v) is 2.14. The lowest BCUT2D eigenvalue weighted by molar-refractivity contribution is 0.0937. The molecule has 0 radical (unpaired) electrons. The molecule has 1 aromatic carbocycles. The van der Waals surface area contributed by atoms with Crippen molar-refractivity contribution >= 4 is 29.9 Å². The summed E-state index contributed by atoms with van der Waals surface area (Å²) in [5, 5.41) is 2.82. The van der Waals surface area contributed by atoms with Gasteiger partial charge in [-0.25, -0.2) is 4.39 Å². The van der Waals surface area contributed by atoms with E-state index in [0.29, 0.717) is 6.54 Å². The largest absolute Gasteiger partial charge is 0.348 e. The maximum absolute atomic E-state index is 13.3. The first-order valence-electron chi connectivity index (χ1n) is 4.50. The van der Waals surface area contributed by atoms with Crippen molar-refractivity contribution in [2.24, 2.45) is 5.73 Å². The van der Waals surface area contributed by atoms with Crippen molar-refractivity contribution < 1.29 is 9.18 Å². The van der Waals surface area contributed by atoms with Crippen LogP contribution in [0.15, 0.2) is 18.2 Å². The van der Waals surface area contributed by atoms with Gasteiger partial charge in [0.05, 0.1) is 5.56 Å². The van der Waals surface area contributed by atoms with Gasteiger partial charge in [0, 0.05) is 17.6 Å². The summed E-state index contributed by atoms with van der Waals surface area (Å²) in [6.07, 6.45) is 0. The predicted octanol–water partition coefficient (Wildman–Crippen LogP) is 1.98. The molecule has 1 atom stereocenters. The van der Waals surface area contributed by atoms with Crippen LogP contribution < -0.4 is 11.1 Å². The summed E-state index contributed by atoms with van der Waals surface area (Å²) in [5.41, 5.74) is 5.30. The quantitative estimate of drug-likeness (QED) is 0.879. The average molecular weight is 267 g/mol. The number of hydrogen-bond acceptors (Lipinski definition) is 2. The van der Waals surface area contributed by atoms with Crippen molar-refractivity contribution in [3.63, 3.8) is 0 Å². The number of carbonyl (C=O) groups excluding carboxylic acids is 1. The van der Waals surface area contributed by atoms with E-state index >= 15 is 0 Å². The zero-order valence-corrected chi connectivity index (χ0v) is 10.2. The fraction of sp³-hybridized carbons (Fsp3) is 0.300. The minimum absolute atomic E-state index is 0. The third kappa shape index (κ3) is 3.96. The summed E-state index contributed by atoms with van der Waals surface area (Å²) < 4.78 is 13.3. The summed E-state index contributed by atoms with van der Waals surface area (Å²) >= 11 is 5.56. The summed E-state index contributed by atoms with van der Waals surface area (Å²) in [7, 11) is 0. The number of halogens is 3. The second kappa shape index (κ2) is 6.68. The molecule has 1 aromatic rings. The van der Waals surface area contributed by atoms with Crippen LogP contribution in [0.3, 0.4) is 0 Å². The molecule has 0 bridgehead atoms. The van der Waals surface area contributed by atoms with Gasteiger partial charge >= 0.3 is 0 Å². The van der Waals surface area contributed by atoms with Crippen LogP contribution in [0.4, 0.5) is 4.39 Å². The second-order valence-electron chi connectivity index (χ2n) is 3.23. The van der Waals surface area contributed by atoms with Crippen LogP contribution in [0.5, 0.6) is 0 Å². The number of hydrogen-bond donors (Lipinski definition) is 2. The Morgan fingerprint density at radius 3 is 2.75 bits per heavy atom. The monoisotopic (exact) mass is 266 g/mol. The Bertz CT molecular complexity index is 374. The fourth-order valence-electron chi connectivity index (χ4n) is 1.03. The van der Waals surface area contributed by atoms with E-state index < -0.39 is 11.7 Å². The minimum atomic E-state index is -0.635. The Balaban J connectivity index is 0.00000225. The molecule has 0 fully saturated rings. The summed E-state index contributed by atoms with van der Waals surface area (Å²) in [6, 6.07) is 3.72. The number of benzene rings is 1. The number of amides is 1. The summed E-state index contributed by atoms with van der Waals surface area (Å²) in [4.78, 5) is 11.5. The van der Waals surface area contributed by atoms with Crippen molar-refractivity contribution in [3.05, 3.63) is 34.6 Å². The highest BCUT2D eigenvalue weighted by atomic mass is 35.5. The standard InChI is InChI=1S/C10H12ClFN2O.ClH/c1-6(5-13)14-10(15)8-3-2-7(11)4-9(8)12;/h2-4,6H,5,13H2,1H3,(H,14,15);1H/t6-;/m0./s1.